The molecule has 1 aromatic carbocycles. The normalized spacial score (nSPS) is 11.8. The molecule has 0 spiro atoms. The number of nitrogens with two attached hydrogens (primary N) is 1. The first-order chi connectivity index (χ1) is 8.68. The predicted octanol–water partition coefficient (Wildman–Crippen LogP) is 4.78. The van der Waals surface area contributed by atoms with Gasteiger partial charge in [-0.05, 0) is 36.8 Å². The van der Waals surface area contributed by atoms with Crippen molar-refractivity contribution in [1.29, 1.82) is 0 Å². The van der Waals surface area contributed by atoms with Crippen LogP contribution in [0, 0.1) is 0 Å². The van der Waals surface area contributed by atoms with Crippen LogP contribution in [0.1, 0.15) is 70.4 Å². The van der Waals surface area contributed by atoms with Crippen LogP contribution in [0.2, 0.25) is 0 Å². The molecule has 0 aliphatic carbocycles. The minimum absolute atomic E-state index is 0.117. The summed E-state index contributed by atoms with van der Waals surface area (Å²) in [5.41, 5.74) is 9.45. The second-order valence-corrected chi connectivity index (χ2v) is 5.42. The van der Waals surface area contributed by atoms with Gasteiger partial charge in [0.15, 0.2) is 0 Å². The molecule has 1 rings (SSSR count). The molecule has 0 saturated heterocycles. The molecule has 0 radical (unpaired) electrons. The van der Waals surface area contributed by atoms with Gasteiger partial charge in [-0.1, -0.05) is 64.3 Å². The third kappa shape index (κ3) is 3.84. The van der Waals surface area contributed by atoms with E-state index in [2.05, 4.69) is 45.0 Å². The Bertz CT molecular complexity index is 337. The van der Waals surface area contributed by atoms with Gasteiger partial charge in [-0.3, -0.25) is 0 Å². The smallest absolute Gasteiger partial charge is 0.0412 e. The average molecular weight is 247 g/mol. The summed E-state index contributed by atoms with van der Waals surface area (Å²) in [4.78, 5) is 0. The van der Waals surface area contributed by atoms with Crippen molar-refractivity contribution < 1.29 is 0 Å². The number of hydrogen-bond donors (Lipinski definition) is 1. The minimum atomic E-state index is -0.117. The van der Waals surface area contributed by atoms with Crippen LogP contribution in [0.25, 0.3) is 0 Å². The molecule has 0 bridgehead atoms. The Kier molecular flexibility index (Phi) is 6.42. The maximum atomic E-state index is 6.71. The summed E-state index contributed by atoms with van der Waals surface area (Å²) in [5.74, 6) is 0. The maximum Gasteiger partial charge on any atom is 0.0412 e. The largest absolute Gasteiger partial charge is 0.321 e. The van der Waals surface area contributed by atoms with E-state index in [4.69, 9.17) is 5.73 Å². The van der Waals surface area contributed by atoms with Crippen molar-refractivity contribution in [2.24, 2.45) is 5.73 Å². The zero-order valence-electron chi connectivity index (χ0n) is 12.3. The van der Waals surface area contributed by atoms with Gasteiger partial charge in [0.1, 0.15) is 0 Å². The van der Waals surface area contributed by atoms with E-state index in [0.717, 1.165) is 25.7 Å². The van der Waals surface area contributed by atoms with E-state index >= 15 is 0 Å². The molecule has 0 heterocycles. The summed E-state index contributed by atoms with van der Waals surface area (Å²) in [6.45, 7) is 6.70. The number of rotatable bonds is 8. The third-order valence-corrected chi connectivity index (χ3v) is 3.75. The lowest BCUT2D eigenvalue weighted by Crippen LogP contribution is -2.37. The van der Waals surface area contributed by atoms with E-state index in [1.54, 1.807) is 0 Å². The van der Waals surface area contributed by atoms with Crippen molar-refractivity contribution in [3.63, 3.8) is 0 Å². The SMILES string of the molecule is CCCCc1ccccc1C(N)(CCC)CCC. The van der Waals surface area contributed by atoms with Crippen LogP contribution in [-0.4, -0.2) is 0 Å². The van der Waals surface area contributed by atoms with E-state index in [1.165, 1.54) is 30.4 Å². The van der Waals surface area contributed by atoms with Crippen molar-refractivity contribution in [2.45, 2.75) is 71.3 Å². The van der Waals surface area contributed by atoms with Gasteiger partial charge in [-0.25, -0.2) is 0 Å². The van der Waals surface area contributed by atoms with Crippen molar-refractivity contribution in [2.75, 3.05) is 0 Å². The van der Waals surface area contributed by atoms with Gasteiger partial charge in [0.2, 0.25) is 0 Å². The van der Waals surface area contributed by atoms with Crippen LogP contribution >= 0.6 is 0 Å². The molecule has 0 saturated carbocycles. The molecule has 1 nitrogen and oxygen atoms in total. The Morgan fingerprint density at radius 3 is 2.11 bits per heavy atom. The van der Waals surface area contributed by atoms with Crippen LogP contribution in [0.15, 0.2) is 24.3 Å². The summed E-state index contributed by atoms with van der Waals surface area (Å²) in [6, 6.07) is 8.79. The molecule has 0 atom stereocenters. The Hall–Kier alpha value is -0.820. The highest BCUT2D eigenvalue weighted by Crippen LogP contribution is 2.32. The zero-order chi connectivity index (χ0) is 13.4. The number of hydrogen-bond acceptors (Lipinski definition) is 1. The molecule has 2 N–H and O–H groups in total. The molecule has 0 aliphatic rings. The molecule has 102 valence electrons. The number of benzene rings is 1. The molecule has 0 fully saturated rings. The lowest BCUT2D eigenvalue weighted by molar-refractivity contribution is 0.366. The van der Waals surface area contributed by atoms with Crippen molar-refractivity contribution >= 4 is 0 Å². The lowest BCUT2D eigenvalue weighted by atomic mass is 9.79. The van der Waals surface area contributed by atoms with Gasteiger partial charge in [0, 0.05) is 5.54 Å². The minimum Gasteiger partial charge on any atom is -0.321 e. The second-order valence-electron chi connectivity index (χ2n) is 5.42. The Labute approximate surface area is 113 Å². The molecule has 18 heavy (non-hydrogen) atoms. The summed E-state index contributed by atoms with van der Waals surface area (Å²) >= 11 is 0. The molecule has 0 amide bonds. The summed E-state index contributed by atoms with van der Waals surface area (Å²) in [5, 5.41) is 0. The molecule has 1 aromatic rings. The number of aryl methyl sites for hydroxylation is 1. The molecular weight excluding hydrogens is 218 g/mol. The van der Waals surface area contributed by atoms with Gasteiger partial charge >= 0.3 is 0 Å². The van der Waals surface area contributed by atoms with Gasteiger partial charge in [-0.2, -0.15) is 0 Å². The second kappa shape index (κ2) is 7.58. The Morgan fingerprint density at radius 1 is 0.944 bits per heavy atom. The van der Waals surface area contributed by atoms with E-state index in [9.17, 15) is 0 Å². The van der Waals surface area contributed by atoms with Gasteiger partial charge in [0.05, 0.1) is 0 Å². The quantitative estimate of drug-likeness (QED) is 0.702. The van der Waals surface area contributed by atoms with Crippen molar-refractivity contribution in [1.82, 2.24) is 0 Å². The zero-order valence-corrected chi connectivity index (χ0v) is 12.3. The fraction of sp³-hybridized carbons (Fsp3) is 0.647. The maximum absolute atomic E-state index is 6.71. The first kappa shape index (κ1) is 15.2. The predicted molar refractivity (Wildman–Crippen MR) is 80.7 cm³/mol. The van der Waals surface area contributed by atoms with Crippen LogP contribution in [-0.2, 0) is 12.0 Å². The Morgan fingerprint density at radius 2 is 1.56 bits per heavy atom. The van der Waals surface area contributed by atoms with Crippen LogP contribution in [0.5, 0.6) is 0 Å². The highest BCUT2D eigenvalue weighted by atomic mass is 14.7. The average Bonchev–Trinajstić information content (AvgIpc) is 2.37. The fourth-order valence-corrected chi connectivity index (χ4v) is 2.88. The highest BCUT2D eigenvalue weighted by molar-refractivity contribution is 5.33. The molecule has 0 unspecified atom stereocenters. The van der Waals surface area contributed by atoms with Crippen molar-refractivity contribution in [3.05, 3.63) is 35.4 Å². The number of unbranched alkanes of at least 4 members (excludes halogenated alkanes) is 1. The lowest BCUT2D eigenvalue weighted by Gasteiger charge is -2.32. The van der Waals surface area contributed by atoms with E-state index in [0.29, 0.717) is 0 Å². The van der Waals surface area contributed by atoms with E-state index < -0.39 is 0 Å². The van der Waals surface area contributed by atoms with E-state index in [-0.39, 0.29) is 5.54 Å². The first-order valence-electron chi connectivity index (χ1n) is 7.55. The molecule has 0 aromatic heterocycles. The topological polar surface area (TPSA) is 26.0 Å². The molecule has 0 aliphatic heterocycles. The van der Waals surface area contributed by atoms with Gasteiger partial charge in [-0.15, -0.1) is 0 Å². The third-order valence-electron chi connectivity index (χ3n) is 3.75. The van der Waals surface area contributed by atoms with Crippen LogP contribution < -0.4 is 5.73 Å². The standard InChI is InChI=1S/C17H29N/c1-4-7-10-15-11-8-9-12-16(15)17(18,13-5-2)14-6-3/h8-9,11-12H,4-7,10,13-14,18H2,1-3H3. The van der Waals surface area contributed by atoms with Crippen LogP contribution in [0.3, 0.4) is 0 Å². The first-order valence-corrected chi connectivity index (χ1v) is 7.55. The summed E-state index contributed by atoms with van der Waals surface area (Å²) in [6.07, 6.45) is 8.14. The van der Waals surface area contributed by atoms with Crippen molar-refractivity contribution in [3.8, 4) is 0 Å². The Balaban J connectivity index is 3.02. The monoisotopic (exact) mass is 247 g/mol. The summed E-state index contributed by atoms with van der Waals surface area (Å²) < 4.78 is 0. The van der Waals surface area contributed by atoms with Crippen LogP contribution in [0.4, 0.5) is 0 Å². The van der Waals surface area contributed by atoms with Gasteiger partial charge in [0.25, 0.3) is 0 Å². The fourth-order valence-electron chi connectivity index (χ4n) is 2.88. The highest BCUT2D eigenvalue weighted by Gasteiger charge is 2.27. The molecule has 1 heteroatoms. The summed E-state index contributed by atoms with van der Waals surface area (Å²) in [7, 11) is 0. The van der Waals surface area contributed by atoms with Gasteiger partial charge < -0.3 is 5.73 Å². The molecular formula is C17H29N. The van der Waals surface area contributed by atoms with E-state index in [1.807, 2.05) is 0 Å².